The molecule has 0 heterocycles. The minimum atomic E-state index is 0.252. The molecule has 2 aromatic rings. The van der Waals surface area contributed by atoms with Gasteiger partial charge in [-0.05, 0) is 36.1 Å². The van der Waals surface area contributed by atoms with Crippen molar-refractivity contribution in [3.63, 3.8) is 0 Å². The zero-order valence-corrected chi connectivity index (χ0v) is 12.0. The van der Waals surface area contributed by atoms with Gasteiger partial charge in [0, 0.05) is 17.5 Å². The van der Waals surface area contributed by atoms with Crippen LogP contribution in [0, 0.1) is 0 Å². The van der Waals surface area contributed by atoms with Gasteiger partial charge in [-0.15, -0.1) is 13.2 Å². The second-order valence-corrected chi connectivity index (χ2v) is 4.99. The normalized spacial score (nSPS) is 10.3. The van der Waals surface area contributed by atoms with Crippen molar-refractivity contribution >= 4 is 0 Å². The molecule has 21 heavy (non-hydrogen) atoms. The summed E-state index contributed by atoms with van der Waals surface area (Å²) in [6.07, 6.45) is 5.50. The summed E-state index contributed by atoms with van der Waals surface area (Å²) in [5, 5.41) is 20.3. The van der Waals surface area contributed by atoms with Crippen LogP contribution in [0.3, 0.4) is 0 Å². The van der Waals surface area contributed by atoms with Gasteiger partial charge in [-0.3, -0.25) is 0 Å². The predicted octanol–water partition coefficient (Wildman–Crippen LogP) is 4.15. The maximum absolute atomic E-state index is 10.2. The van der Waals surface area contributed by atoms with Gasteiger partial charge in [-0.25, -0.2) is 0 Å². The van der Waals surface area contributed by atoms with Crippen molar-refractivity contribution in [3.05, 3.63) is 84.0 Å². The molecule has 0 aromatic heterocycles. The van der Waals surface area contributed by atoms with Crippen LogP contribution in [-0.4, -0.2) is 10.2 Å². The Bertz CT molecular complexity index is 599. The summed E-state index contributed by atoms with van der Waals surface area (Å²) >= 11 is 0. The second-order valence-electron chi connectivity index (χ2n) is 4.99. The third kappa shape index (κ3) is 3.34. The molecule has 0 unspecified atom stereocenters. The highest BCUT2D eigenvalue weighted by molar-refractivity contribution is 5.49. The summed E-state index contributed by atoms with van der Waals surface area (Å²) in [5.41, 5.74) is 3.73. The number of rotatable bonds is 6. The van der Waals surface area contributed by atoms with Gasteiger partial charge in [0.2, 0.25) is 0 Å². The Labute approximate surface area is 125 Å². The van der Waals surface area contributed by atoms with E-state index < -0.39 is 0 Å². The molecule has 108 valence electrons. The van der Waals surface area contributed by atoms with Crippen LogP contribution in [0.5, 0.6) is 11.5 Å². The highest BCUT2D eigenvalue weighted by Gasteiger charge is 2.13. The summed E-state index contributed by atoms with van der Waals surface area (Å²) in [7, 11) is 0. The Morgan fingerprint density at radius 2 is 1.19 bits per heavy atom. The first-order valence-electron chi connectivity index (χ1n) is 6.98. The minimum absolute atomic E-state index is 0.252. The lowest BCUT2D eigenvalue weighted by Gasteiger charge is -2.14. The van der Waals surface area contributed by atoms with Crippen LogP contribution in [-0.2, 0) is 19.3 Å². The van der Waals surface area contributed by atoms with E-state index in [4.69, 9.17) is 0 Å². The van der Waals surface area contributed by atoms with Crippen LogP contribution in [0.1, 0.15) is 22.3 Å². The van der Waals surface area contributed by atoms with Crippen LogP contribution in [0.15, 0.2) is 61.7 Å². The molecule has 0 atom stereocenters. The standard InChI is InChI=1S/C19H20O2/c1-3-7-14-9-5-11-18(20)16(14)13-17-15(8-4-2)10-6-12-19(17)21/h3-6,9-12,20-21H,1-2,7-8,13H2. The summed E-state index contributed by atoms with van der Waals surface area (Å²) in [6, 6.07) is 11.0. The molecule has 2 aromatic carbocycles. The van der Waals surface area contributed by atoms with Gasteiger partial charge >= 0.3 is 0 Å². The smallest absolute Gasteiger partial charge is 0.119 e. The van der Waals surface area contributed by atoms with Gasteiger partial charge in [0.1, 0.15) is 11.5 Å². The number of allylic oxidation sites excluding steroid dienone is 2. The lowest BCUT2D eigenvalue weighted by atomic mass is 9.92. The van der Waals surface area contributed by atoms with E-state index in [1.807, 2.05) is 36.4 Å². The Hall–Kier alpha value is -2.48. The first kappa shape index (κ1) is 14.9. The largest absolute Gasteiger partial charge is 0.508 e. The minimum Gasteiger partial charge on any atom is -0.508 e. The lowest BCUT2D eigenvalue weighted by Crippen LogP contribution is -1.99. The molecule has 2 nitrogen and oxygen atoms in total. The van der Waals surface area contributed by atoms with Crippen molar-refractivity contribution in [2.45, 2.75) is 19.3 Å². The SMILES string of the molecule is C=CCc1cccc(O)c1Cc1c(O)cccc1CC=C. The molecule has 0 aliphatic rings. The van der Waals surface area contributed by atoms with Crippen molar-refractivity contribution in [3.8, 4) is 11.5 Å². The first-order chi connectivity index (χ1) is 10.2. The Balaban J connectivity index is 2.47. The van der Waals surface area contributed by atoms with E-state index in [1.54, 1.807) is 12.1 Å². The molecular weight excluding hydrogens is 260 g/mol. The van der Waals surface area contributed by atoms with Crippen molar-refractivity contribution in [2.75, 3.05) is 0 Å². The van der Waals surface area contributed by atoms with Crippen LogP contribution < -0.4 is 0 Å². The zero-order valence-electron chi connectivity index (χ0n) is 12.0. The van der Waals surface area contributed by atoms with Crippen LogP contribution >= 0.6 is 0 Å². The maximum atomic E-state index is 10.2. The fourth-order valence-electron chi connectivity index (χ4n) is 2.52. The molecule has 0 spiro atoms. The zero-order chi connectivity index (χ0) is 15.2. The monoisotopic (exact) mass is 280 g/mol. The third-order valence-corrected chi connectivity index (χ3v) is 3.58. The van der Waals surface area contributed by atoms with Gasteiger partial charge in [0.05, 0.1) is 0 Å². The van der Waals surface area contributed by atoms with Crippen LogP contribution in [0.2, 0.25) is 0 Å². The lowest BCUT2D eigenvalue weighted by molar-refractivity contribution is 0.461. The number of hydrogen-bond donors (Lipinski definition) is 2. The Morgan fingerprint density at radius 3 is 1.57 bits per heavy atom. The van der Waals surface area contributed by atoms with E-state index >= 15 is 0 Å². The number of hydrogen-bond acceptors (Lipinski definition) is 2. The molecule has 0 amide bonds. The predicted molar refractivity (Wildman–Crippen MR) is 86.8 cm³/mol. The van der Waals surface area contributed by atoms with Crippen molar-refractivity contribution in [1.29, 1.82) is 0 Å². The molecular formula is C19H20O2. The van der Waals surface area contributed by atoms with Gasteiger partial charge in [0.15, 0.2) is 0 Å². The van der Waals surface area contributed by atoms with E-state index in [1.165, 1.54) is 0 Å². The Morgan fingerprint density at radius 1 is 0.762 bits per heavy atom. The summed E-state index contributed by atoms with van der Waals surface area (Å²) in [4.78, 5) is 0. The van der Waals surface area contributed by atoms with Gasteiger partial charge in [-0.2, -0.15) is 0 Å². The molecule has 0 saturated heterocycles. The average Bonchev–Trinajstić information content (AvgIpc) is 2.46. The van der Waals surface area contributed by atoms with Crippen LogP contribution in [0.25, 0.3) is 0 Å². The van der Waals surface area contributed by atoms with Crippen molar-refractivity contribution < 1.29 is 10.2 Å². The Kier molecular flexibility index (Phi) is 4.83. The first-order valence-corrected chi connectivity index (χ1v) is 6.98. The topological polar surface area (TPSA) is 40.5 Å². The molecule has 0 bridgehead atoms. The third-order valence-electron chi connectivity index (χ3n) is 3.58. The highest BCUT2D eigenvalue weighted by atomic mass is 16.3. The van der Waals surface area contributed by atoms with E-state index in [0.717, 1.165) is 22.3 Å². The molecule has 0 aliphatic carbocycles. The van der Waals surface area contributed by atoms with Gasteiger partial charge in [-0.1, -0.05) is 36.4 Å². The molecule has 0 saturated carbocycles. The van der Waals surface area contributed by atoms with E-state index in [2.05, 4.69) is 13.2 Å². The number of benzene rings is 2. The average molecular weight is 280 g/mol. The molecule has 0 aliphatic heterocycles. The summed E-state index contributed by atoms with van der Waals surface area (Å²) in [6.45, 7) is 7.51. The van der Waals surface area contributed by atoms with Crippen molar-refractivity contribution in [2.24, 2.45) is 0 Å². The maximum Gasteiger partial charge on any atom is 0.119 e. The quantitative estimate of drug-likeness (QED) is 0.780. The fourth-order valence-corrected chi connectivity index (χ4v) is 2.52. The highest BCUT2D eigenvalue weighted by Crippen LogP contribution is 2.30. The van der Waals surface area contributed by atoms with Crippen molar-refractivity contribution in [1.82, 2.24) is 0 Å². The van der Waals surface area contributed by atoms with E-state index in [0.29, 0.717) is 19.3 Å². The molecule has 0 fully saturated rings. The van der Waals surface area contributed by atoms with Gasteiger partial charge < -0.3 is 10.2 Å². The number of aromatic hydroxyl groups is 2. The van der Waals surface area contributed by atoms with Gasteiger partial charge in [0.25, 0.3) is 0 Å². The number of phenols is 2. The van der Waals surface area contributed by atoms with E-state index in [-0.39, 0.29) is 11.5 Å². The fraction of sp³-hybridized carbons (Fsp3) is 0.158. The molecule has 0 radical (unpaired) electrons. The second kappa shape index (κ2) is 6.80. The van der Waals surface area contributed by atoms with Crippen LogP contribution in [0.4, 0.5) is 0 Å². The van der Waals surface area contributed by atoms with E-state index in [9.17, 15) is 10.2 Å². The molecule has 2 N–H and O–H groups in total. The summed E-state index contributed by atoms with van der Waals surface area (Å²) in [5.74, 6) is 0.504. The molecule has 2 rings (SSSR count). The molecule has 2 heteroatoms. The summed E-state index contributed by atoms with van der Waals surface area (Å²) < 4.78 is 0. The number of phenolic OH excluding ortho intramolecular Hbond substituents is 2.